The van der Waals surface area contributed by atoms with Crippen LogP contribution in [0.5, 0.6) is 0 Å². The average Bonchev–Trinajstić information content (AvgIpc) is 2.81. The van der Waals surface area contributed by atoms with E-state index in [0.29, 0.717) is 11.1 Å². The van der Waals surface area contributed by atoms with Crippen molar-refractivity contribution in [1.29, 1.82) is 0 Å². The third kappa shape index (κ3) is 4.47. The molecule has 3 rings (SSSR count). The van der Waals surface area contributed by atoms with Gasteiger partial charge in [-0.15, -0.1) is 0 Å². The zero-order chi connectivity index (χ0) is 16.9. The molecule has 1 aromatic rings. The third-order valence-corrected chi connectivity index (χ3v) is 5.41. The van der Waals surface area contributed by atoms with Crippen LogP contribution in [-0.2, 0) is 11.3 Å². The molecule has 132 valence electrons. The molecule has 0 bridgehead atoms. The van der Waals surface area contributed by atoms with Crippen molar-refractivity contribution in [2.45, 2.75) is 38.3 Å². The number of rotatable bonds is 3. The molecule has 0 aromatic carbocycles. The van der Waals surface area contributed by atoms with Gasteiger partial charge in [0.2, 0.25) is 5.91 Å². The lowest BCUT2D eigenvalue weighted by Crippen LogP contribution is -2.54. The van der Waals surface area contributed by atoms with Crippen molar-refractivity contribution in [2.24, 2.45) is 0 Å². The first-order valence-electron chi connectivity index (χ1n) is 8.95. The van der Waals surface area contributed by atoms with E-state index in [9.17, 15) is 4.79 Å². The monoisotopic (exact) mass is 350 g/mol. The van der Waals surface area contributed by atoms with E-state index in [1.165, 1.54) is 24.8 Å². The van der Waals surface area contributed by atoms with Crippen LogP contribution in [0.2, 0.25) is 5.15 Å². The highest BCUT2D eigenvalue weighted by Gasteiger charge is 2.30. The van der Waals surface area contributed by atoms with Crippen molar-refractivity contribution < 1.29 is 4.79 Å². The molecule has 24 heavy (non-hydrogen) atoms. The molecule has 2 fully saturated rings. The lowest BCUT2D eigenvalue weighted by atomic mass is 10.1. The predicted molar refractivity (Wildman–Crippen MR) is 96.0 cm³/mol. The second-order valence-corrected chi connectivity index (χ2v) is 7.32. The van der Waals surface area contributed by atoms with Gasteiger partial charge in [0.05, 0.1) is 6.04 Å². The van der Waals surface area contributed by atoms with E-state index >= 15 is 0 Å². The van der Waals surface area contributed by atoms with Crippen LogP contribution in [0.15, 0.2) is 18.3 Å². The fourth-order valence-corrected chi connectivity index (χ4v) is 3.77. The van der Waals surface area contributed by atoms with Crippen LogP contribution in [0.4, 0.5) is 0 Å². The number of hydrogen-bond acceptors (Lipinski definition) is 4. The number of likely N-dealkylation sites (N-methyl/N-ethyl adjacent to an activating group) is 1. The summed E-state index contributed by atoms with van der Waals surface area (Å²) in [5.41, 5.74) is 1.17. The summed E-state index contributed by atoms with van der Waals surface area (Å²) < 4.78 is 0. The number of aromatic nitrogens is 1. The van der Waals surface area contributed by atoms with Gasteiger partial charge in [0.25, 0.3) is 0 Å². The van der Waals surface area contributed by atoms with Gasteiger partial charge < -0.3 is 4.90 Å². The summed E-state index contributed by atoms with van der Waals surface area (Å²) in [5.74, 6) is 0.326. The quantitative estimate of drug-likeness (QED) is 0.784. The lowest BCUT2D eigenvalue weighted by molar-refractivity contribution is -0.138. The normalized spacial score (nSPS) is 23.9. The minimum absolute atomic E-state index is 0.0829. The van der Waals surface area contributed by atoms with Crippen LogP contribution in [0.1, 0.15) is 31.2 Å². The molecule has 0 saturated carbocycles. The Bertz CT molecular complexity index is 542. The van der Waals surface area contributed by atoms with Gasteiger partial charge in [-0.05, 0) is 38.1 Å². The zero-order valence-corrected chi connectivity index (χ0v) is 15.2. The molecule has 2 aliphatic heterocycles. The van der Waals surface area contributed by atoms with Crippen LogP contribution < -0.4 is 0 Å². The molecular weight excluding hydrogens is 324 g/mol. The highest BCUT2D eigenvalue weighted by atomic mass is 35.5. The molecule has 2 aliphatic rings. The maximum atomic E-state index is 12.9. The van der Waals surface area contributed by atoms with Crippen molar-refractivity contribution in [1.82, 2.24) is 19.7 Å². The van der Waals surface area contributed by atoms with Crippen LogP contribution >= 0.6 is 11.6 Å². The molecule has 0 N–H and O–H groups in total. The molecule has 6 heteroatoms. The fourth-order valence-electron chi connectivity index (χ4n) is 3.66. The topological polar surface area (TPSA) is 39.7 Å². The predicted octanol–water partition coefficient (Wildman–Crippen LogP) is 2.25. The summed E-state index contributed by atoms with van der Waals surface area (Å²) in [4.78, 5) is 23.7. The molecule has 0 unspecified atom stereocenters. The average molecular weight is 351 g/mol. The summed E-state index contributed by atoms with van der Waals surface area (Å²) in [7, 11) is 2.09. The number of nitrogens with zero attached hydrogens (tertiary/aromatic N) is 4. The van der Waals surface area contributed by atoms with Gasteiger partial charge in [-0.25, -0.2) is 4.98 Å². The maximum Gasteiger partial charge on any atom is 0.240 e. The molecule has 0 spiro atoms. The standard InChI is InChI=1S/C18H27ClN4O/c1-21-8-4-2-3-5-16(21)18(24)23-11-9-22(10-12-23)14-15-6-7-17(19)20-13-15/h6-7,13,16H,2-5,8-12,14H2,1H3/t16-/m1/s1. The molecule has 0 radical (unpaired) electrons. The number of halogens is 1. The number of likely N-dealkylation sites (tertiary alicyclic amines) is 1. The Morgan fingerprint density at radius 3 is 2.67 bits per heavy atom. The number of carbonyl (C=O) groups is 1. The summed E-state index contributed by atoms with van der Waals surface area (Å²) >= 11 is 5.83. The van der Waals surface area contributed by atoms with Crippen molar-refractivity contribution in [2.75, 3.05) is 39.8 Å². The first kappa shape index (κ1) is 17.6. The first-order valence-corrected chi connectivity index (χ1v) is 9.33. The summed E-state index contributed by atoms with van der Waals surface area (Å²) in [5, 5.41) is 0.529. The molecular formula is C18H27ClN4O. The van der Waals surface area contributed by atoms with Crippen molar-refractivity contribution in [3.8, 4) is 0 Å². The highest BCUT2D eigenvalue weighted by molar-refractivity contribution is 6.29. The summed E-state index contributed by atoms with van der Waals surface area (Å²) in [6.07, 6.45) is 6.47. The van der Waals surface area contributed by atoms with Gasteiger partial charge >= 0.3 is 0 Å². The second-order valence-electron chi connectivity index (χ2n) is 6.94. The SMILES string of the molecule is CN1CCCCC[C@@H]1C(=O)N1CCN(Cc2ccc(Cl)nc2)CC1. The van der Waals surface area contributed by atoms with Gasteiger partial charge in [0.1, 0.15) is 5.15 Å². The van der Waals surface area contributed by atoms with E-state index in [1.807, 2.05) is 18.3 Å². The Morgan fingerprint density at radius 2 is 1.96 bits per heavy atom. The summed E-state index contributed by atoms with van der Waals surface area (Å²) in [6, 6.07) is 3.94. The van der Waals surface area contributed by atoms with Gasteiger partial charge in [-0.2, -0.15) is 0 Å². The molecule has 5 nitrogen and oxygen atoms in total. The molecule has 1 aromatic heterocycles. The molecule has 3 heterocycles. The van der Waals surface area contributed by atoms with Gasteiger partial charge in [0.15, 0.2) is 0 Å². The Balaban J connectivity index is 1.50. The Morgan fingerprint density at radius 1 is 1.17 bits per heavy atom. The molecule has 1 atom stereocenters. The number of carbonyl (C=O) groups excluding carboxylic acids is 1. The van der Waals surface area contributed by atoms with Gasteiger partial charge in [-0.1, -0.05) is 30.5 Å². The number of hydrogen-bond donors (Lipinski definition) is 0. The highest BCUT2D eigenvalue weighted by Crippen LogP contribution is 2.18. The van der Waals surface area contributed by atoms with Crippen LogP contribution in [0.25, 0.3) is 0 Å². The summed E-state index contributed by atoms with van der Waals surface area (Å²) in [6.45, 7) is 5.40. The van der Waals surface area contributed by atoms with E-state index in [4.69, 9.17) is 11.6 Å². The van der Waals surface area contributed by atoms with Crippen molar-refractivity contribution in [3.05, 3.63) is 29.0 Å². The molecule has 2 saturated heterocycles. The largest absolute Gasteiger partial charge is 0.339 e. The van der Waals surface area contributed by atoms with E-state index in [0.717, 1.165) is 45.7 Å². The fraction of sp³-hybridized carbons (Fsp3) is 0.667. The van der Waals surface area contributed by atoms with Crippen molar-refractivity contribution >= 4 is 17.5 Å². The Hall–Kier alpha value is -1.17. The minimum atomic E-state index is 0.0829. The first-order chi connectivity index (χ1) is 11.6. The second kappa shape index (κ2) is 8.28. The number of piperazine rings is 1. The van der Waals surface area contributed by atoms with E-state index in [-0.39, 0.29) is 6.04 Å². The Labute approximate surface area is 149 Å². The van der Waals surface area contributed by atoms with Crippen LogP contribution in [-0.4, -0.2) is 71.4 Å². The van der Waals surface area contributed by atoms with Gasteiger partial charge in [0, 0.05) is 38.9 Å². The van der Waals surface area contributed by atoms with E-state index in [2.05, 4.69) is 26.7 Å². The van der Waals surface area contributed by atoms with Crippen LogP contribution in [0.3, 0.4) is 0 Å². The lowest BCUT2D eigenvalue weighted by Gasteiger charge is -2.38. The maximum absolute atomic E-state index is 12.9. The smallest absolute Gasteiger partial charge is 0.240 e. The number of amides is 1. The third-order valence-electron chi connectivity index (χ3n) is 5.18. The van der Waals surface area contributed by atoms with Gasteiger partial charge in [-0.3, -0.25) is 14.6 Å². The minimum Gasteiger partial charge on any atom is -0.339 e. The van der Waals surface area contributed by atoms with E-state index < -0.39 is 0 Å². The van der Waals surface area contributed by atoms with Crippen LogP contribution in [0, 0.1) is 0 Å². The molecule has 1 amide bonds. The Kier molecular flexibility index (Phi) is 6.09. The van der Waals surface area contributed by atoms with E-state index in [1.54, 1.807) is 0 Å². The molecule has 0 aliphatic carbocycles. The van der Waals surface area contributed by atoms with Crippen molar-refractivity contribution in [3.63, 3.8) is 0 Å². The number of pyridine rings is 1. The zero-order valence-electron chi connectivity index (χ0n) is 14.5.